The van der Waals surface area contributed by atoms with E-state index in [1.165, 1.54) is 27.7 Å². The van der Waals surface area contributed by atoms with Crippen molar-refractivity contribution in [2.75, 3.05) is 13.2 Å². The van der Waals surface area contributed by atoms with Crippen LogP contribution in [0.25, 0.3) is 0 Å². The molecule has 0 rings (SSSR count). The van der Waals surface area contributed by atoms with Gasteiger partial charge in [0.15, 0.2) is 0 Å². The Morgan fingerprint density at radius 2 is 1.05 bits per heavy atom. The minimum Gasteiger partial charge on any atom is -0.478 e. The first-order valence-corrected chi connectivity index (χ1v) is 6.72. The molecule has 0 aliphatic carbocycles. The van der Waals surface area contributed by atoms with Gasteiger partial charge in [0.1, 0.15) is 0 Å². The van der Waals surface area contributed by atoms with Gasteiger partial charge < -0.3 is 19.7 Å². The number of carboxylic acid groups (broad SMARTS) is 2. The third-order valence-corrected chi connectivity index (χ3v) is 2.90. The number of hydrogen-bond acceptors (Lipinski definition) is 6. The Morgan fingerprint density at radius 3 is 1.23 bits per heavy atom. The van der Waals surface area contributed by atoms with Crippen molar-refractivity contribution in [3.8, 4) is 0 Å². The van der Waals surface area contributed by atoms with E-state index < -0.39 is 46.9 Å². The van der Waals surface area contributed by atoms with Crippen molar-refractivity contribution >= 4 is 23.9 Å². The SMILES string of the molecule is CCOC(=O)[C@@H](C)/C(C(=O)O)=C(\C(=O)O)[C@H](C)C(=O)OCC. The lowest BCUT2D eigenvalue weighted by molar-refractivity contribution is -0.150. The maximum Gasteiger partial charge on any atom is 0.333 e. The molecule has 124 valence electrons. The van der Waals surface area contributed by atoms with E-state index in [0.29, 0.717) is 0 Å². The van der Waals surface area contributed by atoms with Crippen molar-refractivity contribution in [1.29, 1.82) is 0 Å². The zero-order chi connectivity index (χ0) is 17.4. The highest BCUT2D eigenvalue weighted by Crippen LogP contribution is 2.24. The molecule has 0 unspecified atom stereocenters. The van der Waals surface area contributed by atoms with Gasteiger partial charge in [-0.15, -0.1) is 0 Å². The average Bonchev–Trinajstić information content (AvgIpc) is 2.42. The van der Waals surface area contributed by atoms with Gasteiger partial charge in [0.05, 0.1) is 36.2 Å². The van der Waals surface area contributed by atoms with Gasteiger partial charge in [0.2, 0.25) is 0 Å². The summed E-state index contributed by atoms with van der Waals surface area (Å²) < 4.78 is 9.41. The van der Waals surface area contributed by atoms with Gasteiger partial charge in [0, 0.05) is 0 Å². The molecule has 0 fully saturated rings. The lowest BCUT2D eigenvalue weighted by Gasteiger charge is -2.18. The van der Waals surface area contributed by atoms with Crippen molar-refractivity contribution in [2.45, 2.75) is 27.7 Å². The Kier molecular flexibility index (Phi) is 7.85. The Morgan fingerprint density at radius 1 is 0.773 bits per heavy atom. The third-order valence-electron chi connectivity index (χ3n) is 2.90. The van der Waals surface area contributed by atoms with Crippen molar-refractivity contribution in [3.05, 3.63) is 11.1 Å². The van der Waals surface area contributed by atoms with E-state index in [-0.39, 0.29) is 13.2 Å². The first-order chi connectivity index (χ1) is 10.2. The maximum absolute atomic E-state index is 11.7. The maximum atomic E-state index is 11.7. The Labute approximate surface area is 127 Å². The predicted octanol–water partition coefficient (Wildman–Crippen LogP) is 0.851. The highest BCUT2D eigenvalue weighted by Gasteiger charge is 2.35. The van der Waals surface area contributed by atoms with Crippen LogP contribution in [0.15, 0.2) is 11.1 Å². The van der Waals surface area contributed by atoms with Crippen LogP contribution in [0, 0.1) is 11.8 Å². The molecule has 0 radical (unpaired) electrons. The lowest BCUT2D eigenvalue weighted by atomic mass is 9.88. The fourth-order valence-electron chi connectivity index (χ4n) is 1.84. The van der Waals surface area contributed by atoms with Crippen molar-refractivity contribution in [3.63, 3.8) is 0 Å². The fraction of sp³-hybridized carbons (Fsp3) is 0.571. The lowest BCUT2D eigenvalue weighted by Crippen LogP contribution is -2.30. The first-order valence-electron chi connectivity index (χ1n) is 6.72. The zero-order valence-electron chi connectivity index (χ0n) is 12.9. The Bertz CT molecular complexity index is 447. The Hall–Kier alpha value is -2.38. The summed E-state index contributed by atoms with van der Waals surface area (Å²) in [7, 11) is 0. The van der Waals surface area contributed by atoms with Crippen molar-refractivity contribution in [1.82, 2.24) is 0 Å². The molecule has 0 spiro atoms. The molecule has 2 atom stereocenters. The minimum absolute atomic E-state index is 0.0197. The molecule has 0 aromatic carbocycles. The topological polar surface area (TPSA) is 127 Å². The Balaban J connectivity index is 5.97. The summed E-state index contributed by atoms with van der Waals surface area (Å²) in [6.45, 7) is 5.53. The van der Waals surface area contributed by atoms with E-state index in [4.69, 9.17) is 9.47 Å². The molecule has 8 nitrogen and oxygen atoms in total. The van der Waals surface area contributed by atoms with Crippen LogP contribution in [0.1, 0.15) is 27.7 Å². The molecule has 0 amide bonds. The molecule has 0 aromatic rings. The smallest absolute Gasteiger partial charge is 0.333 e. The summed E-state index contributed by atoms with van der Waals surface area (Å²) >= 11 is 0. The molecule has 0 aromatic heterocycles. The summed E-state index contributed by atoms with van der Waals surface area (Å²) in [4.78, 5) is 46.2. The van der Waals surface area contributed by atoms with E-state index in [2.05, 4.69) is 0 Å². The average molecular weight is 316 g/mol. The molecule has 2 N–H and O–H groups in total. The number of aliphatic carboxylic acids is 2. The largest absolute Gasteiger partial charge is 0.478 e. The minimum atomic E-state index is -1.60. The van der Waals surface area contributed by atoms with Gasteiger partial charge in [-0.2, -0.15) is 0 Å². The summed E-state index contributed by atoms with van der Waals surface area (Å²) in [5.74, 6) is -7.63. The summed E-state index contributed by atoms with van der Waals surface area (Å²) in [5.41, 5.74) is -1.38. The summed E-state index contributed by atoms with van der Waals surface area (Å²) in [6, 6.07) is 0. The van der Waals surface area contributed by atoms with Gasteiger partial charge in [-0.1, -0.05) is 0 Å². The summed E-state index contributed by atoms with van der Waals surface area (Å²) in [5, 5.41) is 18.5. The second-order valence-corrected chi connectivity index (χ2v) is 4.39. The molecule has 0 saturated heterocycles. The fourth-order valence-corrected chi connectivity index (χ4v) is 1.84. The van der Waals surface area contributed by atoms with Crippen molar-refractivity contribution < 1.29 is 38.9 Å². The molecule has 22 heavy (non-hydrogen) atoms. The highest BCUT2D eigenvalue weighted by atomic mass is 16.5. The second kappa shape index (κ2) is 8.81. The van der Waals surface area contributed by atoms with Crippen LogP contribution in [-0.4, -0.2) is 47.3 Å². The third kappa shape index (κ3) is 4.87. The molecule has 8 heteroatoms. The van der Waals surface area contributed by atoms with Crippen LogP contribution in [0.5, 0.6) is 0 Å². The number of carbonyl (C=O) groups is 4. The molecule has 0 aliphatic heterocycles. The molecular formula is C14H20O8. The quantitative estimate of drug-likeness (QED) is 0.498. The van der Waals surface area contributed by atoms with Gasteiger partial charge in [0.25, 0.3) is 0 Å². The van der Waals surface area contributed by atoms with Gasteiger partial charge in [-0.3, -0.25) is 9.59 Å². The van der Waals surface area contributed by atoms with Crippen LogP contribution in [0.4, 0.5) is 0 Å². The molecular weight excluding hydrogens is 296 g/mol. The molecule has 0 aliphatic rings. The van der Waals surface area contributed by atoms with Crippen LogP contribution < -0.4 is 0 Å². The van der Waals surface area contributed by atoms with Crippen LogP contribution >= 0.6 is 0 Å². The standard InChI is InChI=1S/C14H20O8/c1-5-21-13(19)7(3)9(11(15)16)10(12(17)18)8(4)14(20)22-6-2/h7-8H,5-6H2,1-4H3,(H,15,16)(H,17,18)/b10-9+/t7-,8-/m0/s1. The van der Waals surface area contributed by atoms with Gasteiger partial charge in [-0.05, 0) is 27.7 Å². The van der Waals surface area contributed by atoms with Crippen LogP contribution in [0.2, 0.25) is 0 Å². The van der Waals surface area contributed by atoms with E-state index in [9.17, 15) is 29.4 Å². The number of rotatable bonds is 8. The molecule has 0 saturated carbocycles. The van der Waals surface area contributed by atoms with Crippen LogP contribution in [-0.2, 0) is 28.7 Å². The number of esters is 2. The zero-order valence-corrected chi connectivity index (χ0v) is 12.9. The predicted molar refractivity (Wildman–Crippen MR) is 73.9 cm³/mol. The monoisotopic (exact) mass is 316 g/mol. The number of carboxylic acids is 2. The van der Waals surface area contributed by atoms with E-state index in [0.717, 1.165) is 0 Å². The van der Waals surface area contributed by atoms with Crippen LogP contribution in [0.3, 0.4) is 0 Å². The van der Waals surface area contributed by atoms with Gasteiger partial charge in [-0.25, -0.2) is 9.59 Å². The van der Waals surface area contributed by atoms with Crippen molar-refractivity contribution in [2.24, 2.45) is 11.8 Å². The number of ether oxygens (including phenoxy) is 2. The number of hydrogen-bond donors (Lipinski definition) is 2. The summed E-state index contributed by atoms with van der Waals surface area (Å²) in [6.07, 6.45) is 0. The second-order valence-electron chi connectivity index (χ2n) is 4.39. The van der Waals surface area contributed by atoms with Gasteiger partial charge >= 0.3 is 23.9 Å². The first kappa shape index (κ1) is 19.6. The highest BCUT2D eigenvalue weighted by molar-refractivity contribution is 6.05. The molecule has 0 heterocycles. The normalized spacial score (nSPS) is 14.4. The molecule has 0 bridgehead atoms. The van der Waals surface area contributed by atoms with E-state index in [1.54, 1.807) is 0 Å². The number of carbonyl (C=O) groups excluding carboxylic acids is 2. The van der Waals surface area contributed by atoms with E-state index in [1.807, 2.05) is 0 Å². The van der Waals surface area contributed by atoms with E-state index >= 15 is 0 Å².